The number of ether oxygens (including phenoxy) is 1. The van der Waals surface area contributed by atoms with Crippen molar-refractivity contribution in [1.29, 1.82) is 0 Å². The summed E-state index contributed by atoms with van der Waals surface area (Å²) < 4.78 is 4.32. The van der Waals surface area contributed by atoms with Crippen LogP contribution < -0.4 is 4.74 Å². The number of hydrogen-bond donors (Lipinski definition) is 1. The average molecular weight is 241 g/mol. The van der Waals surface area contributed by atoms with Gasteiger partial charge in [-0.1, -0.05) is 34.8 Å². The summed E-state index contributed by atoms with van der Waals surface area (Å²) in [5.41, 5.74) is 0. The third kappa shape index (κ3) is 2.66. The smallest absolute Gasteiger partial charge is 0.449 e. The second-order valence-electron chi connectivity index (χ2n) is 2.07. The minimum Gasteiger partial charge on any atom is -0.449 e. The Kier molecular flexibility index (Phi) is 3.25. The molecule has 0 bridgehead atoms. The van der Waals surface area contributed by atoms with Crippen LogP contribution in [0.25, 0.3) is 0 Å². The zero-order valence-electron chi connectivity index (χ0n) is 6.05. The predicted octanol–water partition coefficient (Wildman–Crippen LogP) is 3.70. The Morgan fingerprint density at radius 3 is 2.08 bits per heavy atom. The lowest BCUT2D eigenvalue weighted by Crippen LogP contribution is -2.03. The molecule has 6 heteroatoms. The van der Waals surface area contributed by atoms with Crippen molar-refractivity contribution in [2.75, 3.05) is 0 Å². The molecule has 1 aromatic rings. The minimum atomic E-state index is -1.48. The van der Waals surface area contributed by atoms with E-state index in [0.717, 1.165) is 0 Å². The van der Waals surface area contributed by atoms with E-state index in [4.69, 9.17) is 39.9 Å². The molecule has 0 saturated heterocycles. The first-order valence-electron chi connectivity index (χ1n) is 3.06. The molecule has 70 valence electrons. The van der Waals surface area contributed by atoms with Gasteiger partial charge >= 0.3 is 6.16 Å². The van der Waals surface area contributed by atoms with Gasteiger partial charge in [0, 0.05) is 5.02 Å². The van der Waals surface area contributed by atoms with Gasteiger partial charge in [-0.15, -0.1) is 0 Å². The SMILES string of the molecule is O=C(O)Oc1c(Cl)cc(Cl)cc1Cl. The molecule has 0 amide bonds. The molecule has 3 nitrogen and oxygen atoms in total. The van der Waals surface area contributed by atoms with E-state index < -0.39 is 6.16 Å². The highest BCUT2D eigenvalue weighted by molar-refractivity contribution is 6.40. The summed E-state index contributed by atoms with van der Waals surface area (Å²) >= 11 is 16.8. The van der Waals surface area contributed by atoms with Crippen molar-refractivity contribution < 1.29 is 14.6 Å². The van der Waals surface area contributed by atoms with Crippen LogP contribution in [0.15, 0.2) is 12.1 Å². The molecule has 0 aromatic heterocycles. The van der Waals surface area contributed by atoms with Crippen LogP contribution in [0, 0.1) is 0 Å². The summed E-state index contributed by atoms with van der Waals surface area (Å²) in [4.78, 5) is 10.2. The third-order valence-electron chi connectivity index (χ3n) is 1.15. The topological polar surface area (TPSA) is 46.5 Å². The fraction of sp³-hybridized carbons (Fsp3) is 0. The monoisotopic (exact) mass is 240 g/mol. The lowest BCUT2D eigenvalue weighted by molar-refractivity contribution is 0.144. The van der Waals surface area contributed by atoms with Gasteiger partial charge in [-0.25, -0.2) is 4.79 Å². The number of carboxylic acid groups (broad SMARTS) is 1. The first-order valence-corrected chi connectivity index (χ1v) is 4.19. The summed E-state index contributed by atoms with van der Waals surface area (Å²) in [6.45, 7) is 0. The molecule has 0 heterocycles. The fourth-order valence-electron chi connectivity index (χ4n) is 0.714. The Morgan fingerprint density at radius 1 is 1.23 bits per heavy atom. The molecule has 0 radical (unpaired) electrons. The normalized spacial score (nSPS) is 9.77. The van der Waals surface area contributed by atoms with Crippen LogP contribution in [-0.4, -0.2) is 11.3 Å². The van der Waals surface area contributed by atoms with Crippen LogP contribution in [0.5, 0.6) is 5.75 Å². The van der Waals surface area contributed by atoms with E-state index in [0.29, 0.717) is 5.02 Å². The number of rotatable bonds is 1. The molecule has 0 aliphatic rings. The van der Waals surface area contributed by atoms with Crippen molar-refractivity contribution in [3.8, 4) is 5.75 Å². The van der Waals surface area contributed by atoms with Gasteiger partial charge < -0.3 is 9.84 Å². The number of carbonyl (C=O) groups is 1. The average Bonchev–Trinajstić information content (AvgIpc) is 1.96. The van der Waals surface area contributed by atoms with Crippen molar-refractivity contribution in [1.82, 2.24) is 0 Å². The van der Waals surface area contributed by atoms with Gasteiger partial charge in [-0.05, 0) is 12.1 Å². The van der Waals surface area contributed by atoms with Gasteiger partial charge in [0.1, 0.15) is 0 Å². The highest BCUT2D eigenvalue weighted by Crippen LogP contribution is 2.35. The maximum absolute atomic E-state index is 10.2. The number of benzene rings is 1. The Bertz CT molecular complexity index is 328. The molecule has 0 aliphatic carbocycles. The fourth-order valence-corrected chi connectivity index (χ4v) is 1.61. The molecule has 13 heavy (non-hydrogen) atoms. The summed E-state index contributed by atoms with van der Waals surface area (Å²) in [6.07, 6.45) is -1.48. The zero-order valence-corrected chi connectivity index (χ0v) is 8.32. The maximum atomic E-state index is 10.2. The molecule has 0 unspecified atom stereocenters. The van der Waals surface area contributed by atoms with Crippen LogP contribution in [0.1, 0.15) is 0 Å². The lowest BCUT2D eigenvalue weighted by atomic mass is 10.3. The van der Waals surface area contributed by atoms with Crippen LogP contribution in [0.4, 0.5) is 4.79 Å². The lowest BCUT2D eigenvalue weighted by Gasteiger charge is -2.04. The highest BCUT2D eigenvalue weighted by atomic mass is 35.5. The summed E-state index contributed by atoms with van der Waals surface area (Å²) in [5, 5.41) is 8.74. The van der Waals surface area contributed by atoms with E-state index in [2.05, 4.69) is 4.74 Å². The standard InChI is InChI=1S/C7H3Cl3O3/c8-3-1-4(9)6(5(10)2-3)13-7(11)12/h1-2H,(H,11,12). The van der Waals surface area contributed by atoms with Crippen LogP contribution in [0.3, 0.4) is 0 Å². The van der Waals surface area contributed by atoms with Gasteiger partial charge in [0.25, 0.3) is 0 Å². The van der Waals surface area contributed by atoms with E-state index in [1.165, 1.54) is 12.1 Å². The molecule has 1 N–H and O–H groups in total. The molecular weight excluding hydrogens is 238 g/mol. The highest BCUT2D eigenvalue weighted by Gasteiger charge is 2.12. The van der Waals surface area contributed by atoms with Crippen molar-refractivity contribution in [2.24, 2.45) is 0 Å². The Balaban J connectivity index is 3.13. The molecule has 0 fully saturated rings. The first kappa shape index (κ1) is 10.4. The van der Waals surface area contributed by atoms with Crippen molar-refractivity contribution >= 4 is 41.0 Å². The molecule has 0 spiro atoms. The van der Waals surface area contributed by atoms with Gasteiger partial charge in [-0.3, -0.25) is 0 Å². The Hall–Kier alpha value is -0.640. The van der Waals surface area contributed by atoms with E-state index in [-0.39, 0.29) is 15.8 Å². The van der Waals surface area contributed by atoms with Crippen molar-refractivity contribution in [3.63, 3.8) is 0 Å². The molecule has 1 aromatic carbocycles. The minimum absolute atomic E-state index is 0.0555. The first-order chi connectivity index (χ1) is 6.00. The van der Waals surface area contributed by atoms with E-state index in [1.54, 1.807) is 0 Å². The third-order valence-corrected chi connectivity index (χ3v) is 1.93. The summed E-state index contributed by atoms with van der Waals surface area (Å²) in [6, 6.07) is 2.68. The Labute approximate surface area is 88.8 Å². The number of halogens is 3. The van der Waals surface area contributed by atoms with Crippen LogP contribution in [-0.2, 0) is 0 Å². The largest absolute Gasteiger partial charge is 0.511 e. The van der Waals surface area contributed by atoms with Gasteiger partial charge in [0.05, 0.1) is 10.0 Å². The molecular formula is C7H3Cl3O3. The quantitative estimate of drug-likeness (QED) is 0.602. The van der Waals surface area contributed by atoms with Gasteiger partial charge in [0.2, 0.25) is 0 Å². The second-order valence-corrected chi connectivity index (χ2v) is 3.32. The maximum Gasteiger partial charge on any atom is 0.511 e. The number of hydrogen-bond acceptors (Lipinski definition) is 2. The van der Waals surface area contributed by atoms with Crippen molar-refractivity contribution in [2.45, 2.75) is 0 Å². The van der Waals surface area contributed by atoms with E-state index >= 15 is 0 Å². The zero-order chi connectivity index (χ0) is 10.0. The summed E-state index contributed by atoms with van der Waals surface area (Å²) in [7, 11) is 0. The molecule has 0 aliphatic heterocycles. The van der Waals surface area contributed by atoms with Gasteiger partial charge in [-0.2, -0.15) is 0 Å². The van der Waals surface area contributed by atoms with E-state index in [1.807, 2.05) is 0 Å². The summed E-state index contributed by atoms with van der Waals surface area (Å²) in [5.74, 6) is -0.111. The van der Waals surface area contributed by atoms with Crippen molar-refractivity contribution in [3.05, 3.63) is 27.2 Å². The molecule has 0 saturated carbocycles. The molecule has 1 rings (SSSR count). The predicted molar refractivity (Wildman–Crippen MR) is 50.1 cm³/mol. The molecule has 0 atom stereocenters. The van der Waals surface area contributed by atoms with Gasteiger partial charge in [0.15, 0.2) is 5.75 Å². The van der Waals surface area contributed by atoms with Crippen LogP contribution >= 0.6 is 34.8 Å². The van der Waals surface area contributed by atoms with Crippen LogP contribution in [0.2, 0.25) is 15.1 Å². The Morgan fingerprint density at radius 2 is 1.69 bits per heavy atom. The second kappa shape index (κ2) is 4.05. The van der Waals surface area contributed by atoms with E-state index in [9.17, 15) is 4.79 Å².